The largest absolute Gasteiger partial charge is 0.310 e. The number of rotatable bonds is 6. The predicted octanol–water partition coefficient (Wildman–Crippen LogP) is 3.18. The second kappa shape index (κ2) is 6.46. The van der Waals surface area contributed by atoms with Crippen LogP contribution in [0.25, 0.3) is 0 Å². The van der Waals surface area contributed by atoms with E-state index in [-0.39, 0.29) is 0 Å². The van der Waals surface area contributed by atoms with E-state index in [0.717, 1.165) is 33.8 Å². The fourth-order valence-electron chi connectivity index (χ4n) is 1.96. The average Bonchev–Trinajstić information content (AvgIpc) is 3.15. The van der Waals surface area contributed by atoms with Gasteiger partial charge in [0, 0.05) is 40.3 Å². The van der Waals surface area contributed by atoms with Crippen LogP contribution in [0, 0.1) is 0 Å². The number of hydrogen-bond acceptors (Lipinski definition) is 3. The third-order valence-corrected chi connectivity index (χ3v) is 4.55. The summed E-state index contributed by atoms with van der Waals surface area (Å²) in [5.74, 6) is 0. The van der Waals surface area contributed by atoms with E-state index in [4.69, 9.17) is 0 Å². The maximum Gasteiger partial charge on any atom is 0.0684 e. The van der Waals surface area contributed by atoms with Gasteiger partial charge in [0.15, 0.2) is 0 Å². The van der Waals surface area contributed by atoms with Crippen molar-refractivity contribution in [1.29, 1.82) is 0 Å². The molecule has 5 heteroatoms. The fraction of sp³-hybridized carbons (Fsp3) is 0.615. The van der Waals surface area contributed by atoms with Crippen molar-refractivity contribution in [1.82, 2.24) is 15.2 Å². The van der Waals surface area contributed by atoms with Gasteiger partial charge in [0.25, 0.3) is 0 Å². The molecule has 0 saturated heterocycles. The van der Waals surface area contributed by atoms with Gasteiger partial charge in [-0.2, -0.15) is 0 Å². The van der Waals surface area contributed by atoms with Gasteiger partial charge in [-0.25, -0.2) is 0 Å². The van der Waals surface area contributed by atoms with E-state index in [1.165, 1.54) is 12.8 Å². The van der Waals surface area contributed by atoms with Gasteiger partial charge in [-0.1, -0.05) is 0 Å². The van der Waals surface area contributed by atoms with Gasteiger partial charge in [-0.15, -0.1) is 0 Å². The first kappa shape index (κ1) is 14.4. The van der Waals surface area contributed by atoms with Crippen LogP contribution < -0.4 is 5.32 Å². The van der Waals surface area contributed by atoms with E-state index in [0.29, 0.717) is 6.04 Å². The molecule has 1 aromatic rings. The van der Waals surface area contributed by atoms with Crippen LogP contribution in [0.4, 0.5) is 0 Å². The van der Waals surface area contributed by atoms with Crippen molar-refractivity contribution in [3.8, 4) is 0 Å². The molecular formula is C13H19Br2N3. The molecule has 2 rings (SSSR count). The van der Waals surface area contributed by atoms with Gasteiger partial charge >= 0.3 is 0 Å². The molecule has 1 aromatic heterocycles. The van der Waals surface area contributed by atoms with E-state index in [1.54, 1.807) is 0 Å². The van der Waals surface area contributed by atoms with E-state index in [1.807, 2.05) is 12.3 Å². The van der Waals surface area contributed by atoms with Crippen LogP contribution >= 0.6 is 31.9 Å². The second-order valence-electron chi connectivity index (χ2n) is 4.96. The van der Waals surface area contributed by atoms with Crippen LogP contribution in [0.2, 0.25) is 0 Å². The van der Waals surface area contributed by atoms with Crippen LogP contribution in [0.5, 0.6) is 0 Å². The lowest BCUT2D eigenvalue weighted by Gasteiger charge is -2.24. The molecule has 1 saturated carbocycles. The van der Waals surface area contributed by atoms with Gasteiger partial charge in [0.05, 0.1) is 5.69 Å². The van der Waals surface area contributed by atoms with Crippen molar-refractivity contribution in [2.45, 2.75) is 38.4 Å². The molecule has 0 aliphatic heterocycles. The number of aromatic nitrogens is 1. The molecule has 0 radical (unpaired) electrons. The SMILES string of the molecule is CC(CNCc1ncc(Br)cc1Br)N(C)C1CC1. The topological polar surface area (TPSA) is 28.2 Å². The summed E-state index contributed by atoms with van der Waals surface area (Å²) in [6, 6.07) is 3.43. The van der Waals surface area contributed by atoms with Crippen LogP contribution in [0.15, 0.2) is 21.2 Å². The Bertz CT molecular complexity index is 407. The summed E-state index contributed by atoms with van der Waals surface area (Å²) in [4.78, 5) is 6.87. The van der Waals surface area contributed by atoms with Crippen molar-refractivity contribution in [2.24, 2.45) is 0 Å². The highest BCUT2D eigenvalue weighted by Crippen LogP contribution is 2.26. The first-order valence-corrected chi connectivity index (χ1v) is 7.89. The van der Waals surface area contributed by atoms with Gasteiger partial charge in [0.1, 0.15) is 0 Å². The first-order chi connectivity index (χ1) is 8.58. The highest BCUT2D eigenvalue weighted by atomic mass is 79.9. The van der Waals surface area contributed by atoms with Crippen molar-refractivity contribution in [2.75, 3.05) is 13.6 Å². The summed E-state index contributed by atoms with van der Waals surface area (Å²) in [5, 5.41) is 3.48. The number of likely N-dealkylation sites (N-methyl/N-ethyl adjacent to an activating group) is 1. The summed E-state index contributed by atoms with van der Waals surface area (Å²) in [6.45, 7) is 4.07. The summed E-state index contributed by atoms with van der Waals surface area (Å²) in [5.41, 5.74) is 1.06. The minimum Gasteiger partial charge on any atom is -0.310 e. The zero-order valence-corrected chi connectivity index (χ0v) is 14.0. The molecule has 0 bridgehead atoms. The number of pyridine rings is 1. The van der Waals surface area contributed by atoms with Gasteiger partial charge in [-0.05, 0) is 64.7 Å². The van der Waals surface area contributed by atoms with Gasteiger partial charge in [-0.3, -0.25) is 9.88 Å². The molecule has 1 unspecified atom stereocenters. The normalized spacial score (nSPS) is 17.2. The van der Waals surface area contributed by atoms with Crippen LogP contribution in [0.3, 0.4) is 0 Å². The molecule has 1 atom stereocenters. The Morgan fingerprint density at radius 2 is 2.22 bits per heavy atom. The summed E-state index contributed by atoms with van der Waals surface area (Å²) in [6.07, 6.45) is 4.56. The van der Waals surface area contributed by atoms with Gasteiger partial charge in [0.2, 0.25) is 0 Å². The Hall–Kier alpha value is 0.0300. The summed E-state index contributed by atoms with van der Waals surface area (Å²) < 4.78 is 2.05. The lowest BCUT2D eigenvalue weighted by atomic mass is 10.2. The molecule has 0 spiro atoms. The maximum absolute atomic E-state index is 4.40. The quantitative estimate of drug-likeness (QED) is 0.826. The second-order valence-corrected chi connectivity index (χ2v) is 6.73. The fourth-order valence-corrected chi connectivity index (χ4v) is 3.09. The molecule has 18 heavy (non-hydrogen) atoms. The lowest BCUT2D eigenvalue weighted by Crippen LogP contribution is -2.39. The Labute approximate surface area is 126 Å². The first-order valence-electron chi connectivity index (χ1n) is 6.30. The van der Waals surface area contributed by atoms with Crippen LogP contribution in [-0.2, 0) is 6.54 Å². The molecule has 1 heterocycles. The standard InChI is InChI=1S/C13H19Br2N3/c1-9(18(2)11-3-4-11)6-16-8-13-12(15)5-10(14)7-17-13/h5,7,9,11,16H,3-4,6,8H2,1-2H3. The molecule has 1 fully saturated rings. The summed E-state index contributed by atoms with van der Waals surface area (Å²) in [7, 11) is 2.22. The number of hydrogen-bond donors (Lipinski definition) is 1. The van der Waals surface area contributed by atoms with Gasteiger partial charge < -0.3 is 5.32 Å². The molecule has 1 aliphatic rings. The van der Waals surface area contributed by atoms with E-state index < -0.39 is 0 Å². The number of nitrogens with one attached hydrogen (secondary N) is 1. The maximum atomic E-state index is 4.40. The van der Waals surface area contributed by atoms with Crippen molar-refractivity contribution in [3.05, 3.63) is 26.9 Å². The van der Waals surface area contributed by atoms with E-state index in [9.17, 15) is 0 Å². The van der Waals surface area contributed by atoms with Crippen molar-refractivity contribution >= 4 is 31.9 Å². The lowest BCUT2D eigenvalue weighted by molar-refractivity contribution is 0.241. The third-order valence-electron chi connectivity index (χ3n) is 3.43. The smallest absolute Gasteiger partial charge is 0.0684 e. The monoisotopic (exact) mass is 375 g/mol. The molecule has 3 nitrogen and oxygen atoms in total. The minimum absolute atomic E-state index is 0.576. The Kier molecular flexibility index (Phi) is 5.18. The Morgan fingerprint density at radius 3 is 2.83 bits per heavy atom. The molecule has 1 N–H and O–H groups in total. The van der Waals surface area contributed by atoms with E-state index >= 15 is 0 Å². The molecular weight excluding hydrogens is 358 g/mol. The summed E-state index contributed by atoms with van der Waals surface area (Å²) >= 11 is 6.94. The Morgan fingerprint density at radius 1 is 1.50 bits per heavy atom. The predicted molar refractivity (Wildman–Crippen MR) is 81.6 cm³/mol. The molecule has 0 aromatic carbocycles. The number of nitrogens with zero attached hydrogens (tertiary/aromatic N) is 2. The number of halogens is 2. The van der Waals surface area contributed by atoms with Crippen LogP contribution in [0.1, 0.15) is 25.5 Å². The third kappa shape index (κ3) is 4.02. The van der Waals surface area contributed by atoms with Crippen molar-refractivity contribution < 1.29 is 0 Å². The molecule has 100 valence electrons. The molecule has 0 amide bonds. The van der Waals surface area contributed by atoms with Crippen molar-refractivity contribution in [3.63, 3.8) is 0 Å². The molecule has 1 aliphatic carbocycles. The Balaban J connectivity index is 1.77. The minimum atomic E-state index is 0.576. The average molecular weight is 377 g/mol. The zero-order valence-electron chi connectivity index (χ0n) is 10.8. The van der Waals surface area contributed by atoms with E-state index in [2.05, 4.69) is 61.0 Å². The highest BCUT2D eigenvalue weighted by molar-refractivity contribution is 9.11. The van der Waals surface area contributed by atoms with Crippen LogP contribution in [-0.4, -0.2) is 35.6 Å². The highest BCUT2D eigenvalue weighted by Gasteiger charge is 2.28. The zero-order chi connectivity index (χ0) is 13.1.